The number of anilines is 1. The molecule has 1 aliphatic carbocycles. The van der Waals surface area contributed by atoms with Crippen molar-refractivity contribution in [1.82, 2.24) is 19.7 Å². The van der Waals surface area contributed by atoms with E-state index in [0.29, 0.717) is 12.2 Å². The predicted molar refractivity (Wildman–Crippen MR) is 117 cm³/mol. The average molecular weight is 493 g/mol. The van der Waals surface area contributed by atoms with Gasteiger partial charge in [-0.2, -0.15) is 13.5 Å². The largest absolute Gasteiger partial charge is 0.367 e. The highest BCUT2D eigenvalue weighted by molar-refractivity contribution is 7.84. The van der Waals surface area contributed by atoms with Crippen LogP contribution in [0.5, 0.6) is 0 Å². The van der Waals surface area contributed by atoms with Gasteiger partial charge in [0.15, 0.2) is 0 Å². The summed E-state index contributed by atoms with van der Waals surface area (Å²) in [5.41, 5.74) is 0.562. The lowest BCUT2D eigenvalue weighted by Gasteiger charge is -2.15. The smallest absolute Gasteiger partial charge is 0.333 e. The van der Waals surface area contributed by atoms with E-state index in [1.807, 2.05) is 0 Å². The molecule has 0 saturated heterocycles. The minimum atomic E-state index is -3.99. The lowest BCUT2D eigenvalue weighted by molar-refractivity contribution is 0.103. The number of nitrogens with zero attached hydrogens (tertiary/aromatic N) is 4. The van der Waals surface area contributed by atoms with Crippen LogP contribution in [0.15, 0.2) is 43.0 Å². The Morgan fingerprint density at radius 2 is 2.09 bits per heavy atom. The van der Waals surface area contributed by atoms with Crippen LogP contribution in [0, 0.1) is 17.6 Å². The Kier molecular flexibility index (Phi) is 6.95. The third-order valence-electron chi connectivity index (χ3n) is 5.53. The maximum atomic E-state index is 13.9. The summed E-state index contributed by atoms with van der Waals surface area (Å²) in [6.45, 7) is 0.0263. The Bertz CT molecular complexity index is 1300. The maximum absolute atomic E-state index is 13.9. The van der Waals surface area contributed by atoms with Crippen molar-refractivity contribution >= 4 is 21.9 Å². The fourth-order valence-electron chi connectivity index (χ4n) is 3.89. The topological polar surface area (TPSA) is 142 Å². The van der Waals surface area contributed by atoms with Crippen LogP contribution >= 0.6 is 0 Å². The Morgan fingerprint density at radius 1 is 1.26 bits per heavy atom. The van der Waals surface area contributed by atoms with Crippen molar-refractivity contribution in [3.63, 3.8) is 0 Å². The van der Waals surface area contributed by atoms with E-state index >= 15 is 0 Å². The zero-order chi connectivity index (χ0) is 24.3. The van der Waals surface area contributed by atoms with Crippen LogP contribution in [0.25, 0.3) is 0 Å². The number of ketones is 1. The van der Waals surface area contributed by atoms with Crippen LogP contribution in [0.3, 0.4) is 0 Å². The molecule has 3 N–H and O–H groups in total. The molecule has 2 heterocycles. The molecule has 2 aromatic heterocycles. The van der Waals surface area contributed by atoms with Crippen molar-refractivity contribution < 1.29 is 26.2 Å². The lowest BCUT2D eigenvalue weighted by Crippen LogP contribution is -2.22. The van der Waals surface area contributed by atoms with E-state index in [-0.39, 0.29) is 41.9 Å². The van der Waals surface area contributed by atoms with Gasteiger partial charge in [-0.1, -0.05) is 6.07 Å². The second kappa shape index (κ2) is 9.91. The Morgan fingerprint density at radius 3 is 2.85 bits per heavy atom. The van der Waals surface area contributed by atoms with Gasteiger partial charge in [-0.15, -0.1) is 0 Å². The van der Waals surface area contributed by atoms with Crippen molar-refractivity contribution in [3.8, 4) is 0 Å². The van der Waals surface area contributed by atoms with Crippen molar-refractivity contribution in [1.29, 1.82) is 0 Å². The molecule has 2 atom stereocenters. The number of halogens is 2. The number of hydrogen-bond acceptors (Lipinski definition) is 8. The predicted octanol–water partition coefficient (Wildman–Crippen LogP) is 2.03. The molecule has 34 heavy (non-hydrogen) atoms. The zero-order valence-corrected chi connectivity index (χ0v) is 18.7. The third-order valence-corrected chi connectivity index (χ3v) is 5.99. The number of carbonyl (C=O) groups excluding carboxylic acids is 1. The van der Waals surface area contributed by atoms with Crippen molar-refractivity contribution in [2.24, 2.45) is 11.1 Å². The first-order valence-electron chi connectivity index (χ1n) is 10.4. The molecule has 1 aromatic carbocycles. The van der Waals surface area contributed by atoms with E-state index in [1.165, 1.54) is 35.5 Å². The van der Waals surface area contributed by atoms with E-state index in [9.17, 15) is 22.0 Å². The van der Waals surface area contributed by atoms with E-state index in [4.69, 9.17) is 5.14 Å². The quantitative estimate of drug-likeness (QED) is 0.432. The fourth-order valence-corrected chi connectivity index (χ4v) is 4.27. The van der Waals surface area contributed by atoms with Crippen LogP contribution < -0.4 is 10.5 Å². The van der Waals surface area contributed by atoms with Crippen LogP contribution in [-0.2, 0) is 21.0 Å². The molecule has 1 saturated carbocycles. The molecule has 13 heteroatoms. The molecule has 3 aromatic rings. The number of hydrogen-bond donors (Lipinski definition) is 2. The maximum Gasteiger partial charge on any atom is 0.333 e. The Hall–Kier alpha value is -3.29. The van der Waals surface area contributed by atoms with Crippen LogP contribution in [0.1, 0.15) is 40.9 Å². The lowest BCUT2D eigenvalue weighted by atomic mass is 10.1. The minimum Gasteiger partial charge on any atom is -0.367 e. The van der Waals surface area contributed by atoms with Crippen LogP contribution in [0.4, 0.5) is 14.6 Å². The summed E-state index contributed by atoms with van der Waals surface area (Å²) in [5.74, 6) is -1.46. The first kappa shape index (κ1) is 23.9. The van der Waals surface area contributed by atoms with Crippen molar-refractivity contribution in [2.45, 2.75) is 31.8 Å². The molecule has 4 rings (SSSR count). The van der Waals surface area contributed by atoms with Gasteiger partial charge in [0.1, 0.15) is 29.5 Å². The number of nitrogens with one attached hydrogen (secondary N) is 1. The normalized spacial score (nSPS) is 18.2. The second-order valence-corrected chi connectivity index (χ2v) is 9.27. The monoisotopic (exact) mass is 492 g/mol. The molecule has 0 aliphatic heterocycles. The molecular formula is C21H22F2N6O4S. The van der Waals surface area contributed by atoms with Crippen molar-refractivity contribution in [2.75, 3.05) is 11.9 Å². The van der Waals surface area contributed by atoms with Gasteiger partial charge in [0.05, 0.1) is 18.7 Å². The van der Waals surface area contributed by atoms with Crippen LogP contribution in [-0.4, -0.2) is 46.6 Å². The molecule has 0 radical (unpaired) electrons. The molecule has 1 aliphatic rings. The number of aromatic nitrogens is 4. The summed E-state index contributed by atoms with van der Waals surface area (Å²) >= 11 is 0. The van der Waals surface area contributed by atoms with Crippen molar-refractivity contribution in [3.05, 3.63) is 71.4 Å². The fraction of sp³-hybridized carbons (Fsp3) is 0.333. The standard InChI is InChI=1S/C21H22F2N6O4S/c22-15-3-2-14(18(23)8-15)10-29-6-5-19(28-29)20(30)17-9-25-12-26-21(17)27-16-4-1-13(7-16)11-33-34(24,31)32/h2-3,5-6,8-9,12-13,16H,1,4,7,10-11H2,(H2,24,31,32)(H,25,26,27)/t13-,16+/m1/s1. The van der Waals surface area contributed by atoms with Gasteiger partial charge in [-0.25, -0.2) is 23.9 Å². The van der Waals surface area contributed by atoms with Gasteiger partial charge in [0.25, 0.3) is 0 Å². The molecule has 1 fully saturated rings. The van der Waals surface area contributed by atoms with Gasteiger partial charge in [0.2, 0.25) is 5.78 Å². The van der Waals surface area contributed by atoms with E-state index < -0.39 is 27.7 Å². The SMILES string of the molecule is NS(=O)(=O)OC[C@@H]1CC[C@H](Nc2ncncc2C(=O)c2ccn(Cc3ccc(F)cc3F)n2)C1. The summed E-state index contributed by atoms with van der Waals surface area (Å²) in [6.07, 6.45) is 6.30. The van der Waals surface area contributed by atoms with E-state index in [1.54, 1.807) is 0 Å². The molecular weight excluding hydrogens is 470 g/mol. The van der Waals surface area contributed by atoms with E-state index in [0.717, 1.165) is 25.0 Å². The molecule has 10 nitrogen and oxygen atoms in total. The van der Waals surface area contributed by atoms with E-state index in [2.05, 4.69) is 24.6 Å². The van der Waals surface area contributed by atoms with Gasteiger partial charge in [0, 0.05) is 30.1 Å². The number of benzene rings is 1. The summed E-state index contributed by atoms with van der Waals surface area (Å²) in [4.78, 5) is 21.2. The second-order valence-electron chi connectivity index (χ2n) is 8.05. The first-order chi connectivity index (χ1) is 16.2. The van der Waals surface area contributed by atoms with Gasteiger partial charge < -0.3 is 5.32 Å². The van der Waals surface area contributed by atoms with Gasteiger partial charge in [-0.3, -0.25) is 13.7 Å². The van der Waals surface area contributed by atoms with Gasteiger partial charge in [-0.05, 0) is 37.3 Å². The van der Waals surface area contributed by atoms with Crippen LogP contribution in [0.2, 0.25) is 0 Å². The summed E-state index contributed by atoms with van der Waals surface area (Å²) in [5, 5.41) is 12.3. The first-order valence-corrected chi connectivity index (χ1v) is 11.9. The highest BCUT2D eigenvalue weighted by Gasteiger charge is 2.28. The number of carbonyl (C=O) groups is 1. The summed E-state index contributed by atoms with van der Waals surface area (Å²) < 4.78 is 55.1. The third kappa shape index (κ3) is 5.98. The van der Waals surface area contributed by atoms with Gasteiger partial charge >= 0.3 is 10.3 Å². The summed E-state index contributed by atoms with van der Waals surface area (Å²) in [7, 11) is -3.99. The summed E-state index contributed by atoms with van der Waals surface area (Å²) in [6, 6.07) is 4.72. The Labute approximate surface area is 194 Å². The average Bonchev–Trinajstić information content (AvgIpc) is 3.43. The Balaban J connectivity index is 1.43. The molecule has 0 amide bonds. The minimum absolute atomic E-state index is 0.000584. The number of nitrogens with two attached hydrogens (primary N) is 1. The number of rotatable bonds is 9. The molecule has 0 spiro atoms. The zero-order valence-electron chi connectivity index (χ0n) is 17.9. The highest BCUT2D eigenvalue weighted by atomic mass is 32.2. The molecule has 0 bridgehead atoms. The molecule has 0 unspecified atom stereocenters. The molecule has 180 valence electrons. The highest BCUT2D eigenvalue weighted by Crippen LogP contribution is 2.29.